The standard InChI is InChI=1S/C25H19ClN4O3S/c26-19-3-7-21(8-4-19)30-34(31,32)22-9-10-24-23(16-22)29-25(33-24)28-20-5-1-17(2-6-20)15-18-11-13-27-14-12-18/h1-14,16,30H,15H2,(H,28,29). The van der Waals surface area contributed by atoms with E-state index < -0.39 is 10.0 Å². The van der Waals surface area contributed by atoms with Crippen LogP contribution in [-0.4, -0.2) is 18.4 Å². The van der Waals surface area contributed by atoms with Crippen molar-refractivity contribution in [2.24, 2.45) is 0 Å². The molecule has 0 aliphatic heterocycles. The third-order valence-electron chi connectivity index (χ3n) is 5.13. The summed E-state index contributed by atoms with van der Waals surface area (Å²) in [4.78, 5) is 8.51. The Morgan fingerprint density at radius 2 is 1.50 bits per heavy atom. The Bertz CT molecular complexity index is 1540. The normalized spacial score (nSPS) is 11.4. The number of oxazole rings is 1. The largest absolute Gasteiger partial charge is 0.423 e. The van der Waals surface area contributed by atoms with E-state index in [9.17, 15) is 8.42 Å². The summed E-state index contributed by atoms with van der Waals surface area (Å²) in [5.41, 5.74) is 4.48. The van der Waals surface area contributed by atoms with Gasteiger partial charge in [0.1, 0.15) is 5.52 Å². The van der Waals surface area contributed by atoms with Crippen molar-refractivity contribution in [1.82, 2.24) is 9.97 Å². The van der Waals surface area contributed by atoms with E-state index in [0.717, 1.165) is 17.7 Å². The number of pyridine rings is 1. The first-order valence-corrected chi connectivity index (χ1v) is 12.2. The van der Waals surface area contributed by atoms with Gasteiger partial charge in [0.05, 0.1) is 4.90 Å². The van der Waals surface area contributed by atoms with Crippen LogP contribution in [-0.2, 0) is 16.4 Å². The lowest BCUT2D eigenvalue weighted by atomic mass is 10.1. The number of nitrogens with zero attached hydrogens (tertiary/aromatic N) is 2. The van der Waals surface area contributed by atoms with Crippen molar-refractivity contribution >= 4 is 50.1 Å². The highest BCUT2D eigenvalue weighted by Gasteiger charge is 2.17. The molecule has 0 saturated carbocycles. The molecule has 0 spiro atoms. The van der Waals surface area contributed by atoms with E-state index in [4.69, 9.17) is 16.0 Å². The van der Waals surface area contributed by atoms with Crippen molar-refractivity contribution in [3.8, 4) is 0 Å². The molecule has 0 unspecified atom stereocenters. The van der Waals surface area contributed by atoms with E-state index in [1.165, 1.54) is 17.7 Å². The first-order valence-electron chi connectivity index (χ1n) is 10.4. The predicted molar refractivity (Wildman–Crippen MR) is 133 cm³/mol. The first kappa shape index (κ1) is 21.9. The van der Waals surface area contributed by atoms with E-state index in [1.54, 1.807) is 42.7 Å². The fourth-order valence-electron chi connectivity index (χ4n) is 3.43. The van der Waals surface area contributed by atoms with Crippen LogP contribution in [0.15, 0.2) is 101 Å². The number of fused-ring (bicyclic) bond motifs is 1. The summed E-state index contributed by atoms with van der Waals surface area (Å²) in [6.07, 6.45) is 4.37. The van der Waals surface area contributed by atoms with Crippen LogP contribution >= 0.6 is 11.6 Å². The molecule has 7 nitrogen and oxygen atoms in total. The minimum atomic E-state index is -3.80. The van der Waals surface area contributed by atoms with E-state index in [-0.39, 0.29) is 10.9 Å². The van der Waals surface area contributed by atoms with Crippen molar-refractivity contribution < 1.29 is 12.8 Å². The molecule has 0 aliphatic carbocycles. The highest BCUT2D eigenvalue weighted by molar-refractivity contribution is 7.92. The van der Waals surface area contributed by atoms with Crippen LogP contribution in [0.4, 0.5) is 17.4 Å². The first-order chi connectivity index (χ1) is 16.4. The van der Waals surface area contributed by atoms with Crippen molar-refractivity contribution in [3.05, 3.63) is 107 Å². The van der Waals surface area contributed by atoms with Crippen LogP contribution in [0.2, 0.25) is 5.02 Å². The Labute approximate surface area is 201 Å². The molecule has 5 aromatic rings. The van der Waals surface area contributed by atoms with Gasteiger partial charge in [-0.25, -0.2) is 8.42 Å². The molecule has 9 heteroatoms. The molecule has 170 valence electrons. The molecule has 0 bridgehead atoms. The van der Waals surface area contributed by atoms with E-state index in [1.807, 2.05) is 36.4 Å². The molecule has 5 rings (SSSR count). The molecule has 0 atom stereocenters. The minimum Gasteiger partial charge on any atom is -0.423 e. The van der Waals surface area contributed by atoms with Crippen molar-refractivity contribution in [3.63, 3.8) is 0 Å². The number of halogens is 1. The van der Waals surface area contributed by atoms with Crippen LogP contribution < -0.4 is 10.0 Å². The number of rotatable bonds is 7. The molecule has 0 aliphatic rings. The zero-order chi connectivity index (χ0) is 23.5. The van der Waals surface area contributed by atoms with Gasteiger partial charge in [0.25, 0.3) is 16.0 Å². The summed E-state index contributed by atoms with van der Waals surface area (Å²) in [7, 11) is -3.80. The molecule has 2 N–H and O–H groups in total. The summed E-state index contributed by atoms with van der Waals surface area (Å²) in [5, 5.41) is 3.65. The van der Waals surface area contributed by atoms with E-state index in [0.29, 0.717) is 21.8 Å². The highest BCUT2D eigenvalue weighted by Crippen LogP contribution is 2.26. The van der Waals surface area contributed by atoms with Gasteiger partial charge in [-0.3, -0.25) is 9.71 Å². The lowest BCUT2D eigenvalue weighted by Gasteiger charge is -2.07. The van der Waals surface area contributed by atoms with Gasteiger partial charge in [-0.15, -0.1) is 0 Å². The lowest BCUT2D eigenvalue weighted by Crippen LogP contribution is -2.12. The van der Waals surface area contributed by atoms with Gasteiger partial charge in [0.15, 0.2) is 5.58 Å². The van der Waals surface area contributed by atoms with E-state index in [2.05, 4.69) is 20.0 Å². The lowest BCUT2D eigenvalue weighted by molar-refractivity contribution is 0.601. The van der Waals surface area contributed by atoms with Crippen LogP contribution in [0.5, 0.6) is 0 Å². The number of hydrogen-bond donors (Lipinski definition) is 2. The summed E-state index contributed by atoms with van der Waals surface area (Å²) in [6.45, 7) is 0. The number of anilines is 3. The van der Waals surface area contributed by atoms with Gasteiger partial charge in [-0.05, 0) is 84.3 Å². The van der Waals surface area contributed by atoms with Crippen molar-refractivity contribution in [2.75, 3.05) is 10.0 Å². The number of nitrogens with one attached hydrogen (secondary N) is 2. The second kappa shape index (κ2) is 9.17. The molecular weight excluding hydrogens is 472 g/mol. The molecule has 2 heterocycles. The third kappa shape index (κ3) is 5.03. The van der Waals surface area contributed by atoms with Crippen molar-refractivity contribution in [1.29, 1.82) is 0 Å². The zero-order valence-corrected chi connectivity index (χ0v) is 19.3. The fraction of sp³-hybridized carbons (Fsp3) is 0.0400. The predicted octanol–water partition coefficient (Wildman–Crippen LogP) is 6.01. The van der Waals surface area contributed by atoms with Gasteiger partial charge in [-0.1, -0.05) is 23.7 Å². The molecule has 3 aromatic carbocycles. The fourth-order valence-corrected chi connectivity index (χ4v) is 4.63. The summed E-state index contributed by atoms with van der Waals surface area (Å²) < 4.78 is 33.8. The maximum absolute atomic E-state index is 12.8. The Hall–Kier alpha value is -3.88. The summed E-state index contributed by atoms with van der Waals surface area (Å²) in [6, 6.07) is 23.1. The Morgan fingerprint density at radius 1 is 0.824 bits per heavy atom. The van der Waals surface area contributed by atoms with Crippen LogP contribution in [0, 0.1) is 0 Å². The average molecular weight is 491 g/mol. The Morgan fingerprint density at radius 3 is 2.24 bits per heavy atom. The number of benzene rings is 3. The number of aromatic nitrogens is 2. The SMILES string of the molecule is O=S(=O)(Nc1ccc(Cl)cc1)c1ccc2oc(Nc3ccc(Cc4ccncc4)cc3)nc2c1. The number of sulfonamides is 1. The number of hydrogen-bond acceptors (Lipinski definition) is 6. The van der Waals surface area contributed by atoms with Gasteiger partial charge in [0.2, 0.25) is 0 Å². The maximum atomic E-state index is 12.8. The van der Waals surface area contributed by atoms with Gasteiger partial charge in [0, 0.05) is 28.8 Å². The Kier molecular flexibility index (Phi) is 5.91. The quantitative estimate of drug-likeness (QED) is 0.290. The van der Waals surface area contributed by atoms with Crippen molar-refractivity contribution in [2.45, 2.75) is 11.3 Å². The van der Waals surface area contributed by atoms with Gasteiger partial charge >= 0.3 is 0 Å². The zero-order valence-electron chi connectivity index (χ0n) is 17.8. The van der Waals surface area contributed by atoms with E-state index >= 15 is 0 Å². The third-order valence-corrected chi connectivity index (χ3v) is 6.76. The van der Waals surface area contributed by atoms with Crippen LogP contribution in [0.1, 0.15) is 11.1 Å². The van der Waals surface area contributed by atoms with Crippen LogP contribution in [0.3, 0.4) is 0 Å². The summed E-state index contributed by atoms with van der Waals surface area (Å²) in [5.74, 6) is 0. The molecular formula is C25H19ClN4O3S. The maximum Gasteiger partial charge on any atom is 0.300 e. The van der Waals surface area contributed by atoms with Gasteiger partial charge in [-0.2, -0.15) is 4.98 Å². The molecule has 0 saturated heterocycles. The average Bonchev–Trinajstić information content (AvgIpc) is 3.24. The summed E-state index contributed by atoms with van der Waals surface area (Å²) >= 11 is 5.86. The van der Waals surface area contributed by atoms with Gasteiger partial charge < -0.3 is 9.73 Å². The highest BCUT2D eigenvalue weighted by atomic mass is 35.5. The molecule has 2 aromatic heterocycles. The molecule has 0 amide bonds. The smallest absolute Gasteiger partial charge is 0.300 e. The second-order valence-electron chi connectivity index (χ2n) is 7.62. The second-order valence-corrected chi connectivity index (χ2v) is 9.73. The molecule has 0 radical (unpaired) electrons. The topological polar surface area (TPSA) is 97.1 Å². The monoisotopic (exact) mass is 490 g/mol. The Balaban J connectivity index is 1.31. The van der Waals surface area contributed by atoms with Crippen LogP contribution in [0.25, 0.3) is 11.1 Å². The molecule has 0 fully saturated rings. The molecule has 34 heavy (non-hydrogen) atoms. The minimum absolute atomic E-state index is 0.0789.